The first-order chi connectivity index (χ1) is 6.73. The van der Waals surface area contributed by atoms with Crippen LogP contribution in [0.1, 0.15) is 33.6 Å². The monoisotopic (exact) mass is 218 g/mol. The molecule has 88 valence electrons. The van der Waals surface area contributed by atoms with E-state index in [2.05, 4.69) is 0 Å². The lowest BCUT2D eigenvalue weighted by Crippen LogP contribution is -2.23. The fraction of sp³-hybridized carbons (Fsp3) is 0.800. The molecule has 5 heteroatoms. The molecule has 1 aliphatic rings. The first kappa shape index (κ1) is 13.7. The lowest BCUT2D eigenvalue weighted by molar-refractivity contribution is -0.153. The second-order valence-electron chi connectivity index (χ2n) is 4.57. The van der Waals surface area contributed by atoms with E-state index >= 15 is 0 Å². The van der Waals surface area contributed by atoms with Crippen LogP contribution in [0.25, 0.3) is 0 Å². The number of carboxylic acid groups (broad SMARTS) is 2. The fourth-order valence-electron chi connectivity index (χ4n) is 0.695. The number of carbonyl (C=O) groups excluding carboxylic acids is 1. The molecule has 2 N–H and O–H groups in total. The van der Waals surface area contributed by atoms with Crippen molar-refractivity contribution < 1.29 is 24.5 Å². The molecule has 0 aromatic heterocycles. The minimum absolute atomic E-state index is 0.0793. The highest BCUT2D eigenvalue weighted by molar-refractivity contribution is 5.75. The lowest BCUT2D eigenvalue weighted by atomic mass is 9.97. The second-order valence-corrected chi connectivity index (χ2v) is 4.57. The fourth-order valence-corrected chi connectivity index (χ4v) is 0.695. The van der Waals surface area contributed by atoms with Crippen LogP contribution >= 0.6 is 0 Å². The predicted molar refractivity (Wildman–Crippen MR) is 53.8 cm³/mol. The number of hydrogen-bond acceptors (Lipinski definition) is 3. The molecule has 0 atom stereocenters. The second kappa shape index (κ2) is 5.58. The van der Waals surface area contributed by atoms with Gasteiger partial charge in [0.15, 0.2) is 0 Å². The summed E-state index contributed by atoms with van der Waals surface area (Å²) in [6.07, 6.45) is 0.634. The molecule has 0 spiro atoms. The third-order valence-corrected chi connectivity index (χ3v) is 1.76. The van der Waals surface area contributed by atoms with E-state index in [0.29, 0.717) is 12.5 Å². The van der Waals surface area contributed by atoms with Crippen LogP contribution in [0.4, 0.5) is 4.79 Å². The number of carbonyl (C=O) groups is 2. The number of hydrogen-bond donors (Lipinski definition) is 2. The van der Waals surface area contributed by atoms with Crippen LogP contribution in [-0.4, -0.2) is 28.9 Å². The highest BCUT2D eigenvalue weighted by Crippen LogP contribution is 2.29. The smallest absolute Gasteiger partial charge is 0.465 e. The van der Waals surface area contributed by atoms with E-state index in [-0.39, 0.29) is 11.4 Å². The molecular formula is C10H18O5. The van der Waals surface area contributed by atoms with Crippen LogP contribution < -0.4 is 0 Å². The summed E-state index contributed by atoms with van der Waals surface area (Å²) in [5, 5.41) is 13.9. The number of rotatable bonds is 2. The highest BCUT2D eigenvalue weighted by atomic mass is 16.6. The van der Waals surface area contributed by atoms with Gasteiger partial charge in [-0.05, 0) is 39.5 Å². The van der Waals surface area contributed by atoms with Crippen LogP contribution in [0.3, 0.4) is 0 Å². The highest BCUT2D eigenvalue weighted by Gasteiger charge is 2.27. The molecule has 0 unspecified atom stereocenters. The van der Waals surface area contributed by atoms with Crippen molar-refractivity contribution in [3.8, 4) is 0 Å². The maximum atomic E-state index is 11.2. The average molecular weight is 218 g/mol. The van der Waals surface area contributed by atoms with Crippen molar-refractivity contribution in [1.82, 2.24) is 0 Å². The summed E-state index contributed by atoms with van der Waals surface area (Å²) in [4.78, 5) is 19.7. The molecule has 0 saturated heterocycles. The molecule has 0 bridgehead atoms. The largest absolute Gasteiger partial charge is 0.503 e. The van der Waals surface area contributed by atoms with Crippen molar-refractivity contribution in [2.45, 2.75) is 33.6 Å². The zero-order chi connectivity index (χ0) is 12.1. The molecule has 0 aliphatic heterocycles. The Hall–Kier alpha value is -1.26. The standard InChI is InChI=1S/C9H16O2.CH2O3/c1-9(2,3)8(10)11-6-7-4-5-7;2-1(3)4/h7H,4-6H2,1-3H3;(H2,2,3,4). The molecule has 0 radical (unpaired) electrons. The Balaban J connectivity index is 0.000000423. The summed E-state index contributed by atoms with van der Waals surface area (Å²) in [6.45, 7) is 6.27. The molecular weight excluding hydrogens is 200 g/mol. The van der Waals surface area contributed by atoms with E-state index < -0.39 is 6.16 Å². The Labute approximate surface area is 89.0 Å². The number of esters is 1. The molecule has 0 aromatic rings. The molecule has 0 heterocycles. The Morgan fingerprint density at radius 3 is 1.93 bits per heavy atom. The minimum atomic E-state index is -1.83. The van der Waals surface area contributed by atoms with E-state index in [1.54, 1.807) is 0 Å². The van der Waals surface area contributed by atoms with Gasteiger partial charge in [0.05, 0.1) is 12.0 Å². The van der Waals surface area contributed by atoms with Crippen molar-refractivity contribution in [3.05, 3.63) is 0 Å². The normalized spacial score (nSPS) is 14.9. The van der Waals surface area contributed by atoms with Gasteiger partial charge in [0.25, 0.3) is 0 Å². The predicted octanol–water partition coefficient (Wildman–Crippen LogP) is 2.21. The topological polar surface area (TPSA) is 83.8 Å². The Kier molecular flexibility index (Phi) is 5.11. The van der Waals surface area contributed by atoms with Crippen molar-refractivity contribution in [3.63, 3.8) is 0 Å². The molecule has 1 rings (SSSR count). The first-order valence-electron chi connectivity index (χ1n) is 4.82. The zero-order valence-corrected chi connectivity index (χ0v) is 9.32. The van der Waals surface area contributed by atoms with Gasteiger partial charge >= 0.3 is 12.1 Å². The van der Waals surface area contributed by atoms with Gasteiger partial charge in [-0.15, -0.1) is 0 Å². The van der Waals surface area contributed by atoms with Gasteiger partial charge in [0.1, 0.15) is 0 Å². The summed E-state index contributed by atoms with van der Waals surface area (Å²) in [5.41, 5.74) is -0.338. The van der Waals surface area contributed by atoms with Gasteiger partial charge in [0, 0.05) is 0 Å². The van der Waals surface area contributed by atoms with Crippen LogP contribution in [0.15, 0.2) is 0 Å². The van der Waals surface area contributed by atoms with Crippen LogP contribution in [0, 0.1) is 11.3 Å². The molecule has 0 aromatic carbocycles. The summed E-state index contributed by atoms with van der Waals surface area (Å²) < 4.78 is 5.09. The molecule has 1 fully saturated rings. The summed E-state index contributed by atoms with van der Waals surface area (Å²) in [7, 11) is 0. The van der Waals surface area contributed by atoms with Gasteiger partial charge in [-0.2, -0.15) is 0 Å². The van der Waals surface area contributed by atoms with E-state index in [1.165, 1.54) is 12.8 Å². The third-order valence-electron chi connectivity index (χ3n) is 1.76. The van der Waals surface area contributed by atoms with Gasteiger partial charge in [0.2, 0.25) is 0 Å². The molecule has 1 saturated carbocycles. The number of ether oxygens (including phenoxy) is 1. The van der Waals surface area contributed by atoms with Crippen LogP contribution in [-0.2, 0) is 9.53 Å². The van der Waals surface area contributed by atoms with Gasteiger partial charge in [-0.25, -0.2) is 4.79 Å². The van der Waals surface area contributed by atoms with E-state index in [1.807, 2.05) is 20.8 Å². The van der Waals surface area contributed by atoms with Crippen LogP contribution in [0.5, 0.6) is 0 Å². The first-order valence-corrected chi connectivity index (χ1v) is 4.82. The Morgan fingerprint density at radius 2 is 1.67 bits per heavy atom. The minimum Gasteiger partial charge on any atom is -0.465 e. The summed E-state index contributed by atoms with van der Waals surface area (Å²) in [6, 6.07) is 0. The van der Waals surface area contributed by atoms with E-state index in [4.69, 9.17) is 19.7 Å². The van der Waals surface area contributed by atoms with Crippen molar-refractivity contribution in [1.29, 1.82) is 0 Å². The average Bonchev–Trinajstić information content (AvgIpc) is 2.79. The summed E-state index contributed by atoms with van der Waals surface area (Å²) >= 11 is 0. The van der Waals surface area contributed by atoms with E-state index in [9.17, 15) is 4.79 Å². The van der Waals surface area contributed by atoms with Crippen LogP contribution in [0.2, 0.25) is 0 Å². The molecule has 1 aliphatic carbocycles. The van der Waals surface area contributed by atoms with Gasteiger partial charge < -0.3 is 14.9 Å². The van der Waals surface area contributed by atoms with Crippen molar-refractivity contribution >= 4 is 12.1 Å². The van der Waals surface area contributed by atoms with Gasteiger partial charge in [-0.3, -0.25) is 4.79 Å². The van der Waals surface area contributed by atoms with Crippen molar-refractivity contribution in [2.75, 3.05) is 6.61 Å². The zero-order valence-electron chi connectivity index (χ0n) is 9.32. The van der Waals surface area contributed by atoms with E-state index in [0.717, 1.165) is 0 Å². The Morgan fingerprint density at radius 1 is 1.27 bits per heavy atom. The Bertz CT molecular complexity index is 220. The maximum absolute atomic E-state index is 11.2. The lowest BCUT2D eigenvalue weighted by Gasteiger charge is -2.16. The van der Waals surface area contributed by atoms with Crippen molar-refractivity contribution in [2.24, 2.45) is 11.3 Å². The SMILES string of the molecule is CC(C)(C)C(=O)OCC1CC1.O=C(O)O. The molecule has 0 amide bonds. The van der Waals surface area contributed by atoms with Gasteiger partial charge in [-0.1, -0.05) is 0 Å². The molecule has 15 heavy (non-hydrogen) atoms. The maximum Gasteiger partial charge on any atom is 0.503 e. The quantitative estimate of drug-likeness (QED) is 0.694. The summed E-state index contributed by atoms with van der Waals surface area (Å²) in [5.74, 6) is 0.589. The third kappa shape index (κ3) is 9.05. The molecule has 5 nitrogen and oxygen atoms in total.